The molecule has 0 fully saturated rings. The number of halogens is 2. The van der Waals surface area contributed by atoms with Gasteiger partial charge in [0, 0.05) is 26.7 Å². The number of rotatable bonds is 38. The molecule has 0 amide bonds. The van der Waals surface area contributed by atoms with Crippen LogP contribution in [0.25, 0.3) is 10.4 Å². The Morgan fingerprint density at radius 3 is 1.37 bits per heavy atom. The maximum Gasteiger partial charge on any atom is 0.0705 e. The minimum Gasteiger partial charge on any atom is -0.362 e. The molecule has 3 unspecified atom stereocenters. The fraction of sp³-hybridized carbons (Fsp3) is 0.769. The summed E-state index contributed by atoms with van der Waals surface area (Å²) >= 11 is 11.5. The normalized spacial score (nSPS) is 13.4. The van der Waals surface area contributed by atoms with E-state index < -0.39 is 0 Å². The SMILES string of the molecule is CCCCCCCCCCC(CCCCCCCC)Cc1cc(-c2ccc(Br)s2)c(CC(CCCCCCCC)CCCC(CCCCCC)c2ccc(Br)s2)[nH]1. The maximum absolute atomic E-state index is 4.17. The number of nitrogens with one attached hydrogen (secondary N) is 1. The lowest BCUT2D eigenvalue weighted by molar-refractivity contribution is 0.387. The molecule has 5 heteroatoms. The van der Waals surface area contributed by atoms with E-state index in [2.05, 4.69) is 94.9 Å². The highest BCUT2D eigenvalue weighted by Crippen LogP contribution is 2.39. The predicted octanol–water partition coefficient (Wildman–Crippen LogP) is 20.6. The van der Waals surface area contributed by atoms with E-state index in [0.717, 1.165) is 11.8 Å². The predicted molar refractivity (Wildman–Crippen MR) is 267 cm³/mol. The first-order valence-corrected chi connectivity index (χ1v) is 27.9. The van der Waals surface area contributed by atoms with Gasteiger partial charge in [0.1, 0.15) is 0 Å². The summed E-state index contributed by atoms with van der Waals surface area (Å²) in [5.41, 5.74) is 4.53. The average molecular weight is 950 g/mol. The highest BCUT2D eigenvalue weighted by atomic mass is 79.9. The number of H-pyrrole nitrogens is 1. The zero-order valence-electron chi connectivity index (χ0n) is 37.5. The van der Waals surface area contributed by atoms with Crippen LogP contribution in [0.4, 0.5) is 0 Å². The molecule has 1 N–H and O–H groups in total. The third-order valence-corrected chi connectivity index (χ3v) is 16.2. The van der Waals surface area contributed by atoms with Gasteiger partial charge in [-0.3, -0.25) is 0 Å². The number of aromatic amines is 1. The van der Waals surface area contributed by atoms with Crippen LogP contribution in [0, 0.1) is 11.8 Å². The molecular formula is C52H87Br2NS2. The van der Waals surface area contributed by atoms with Gasteiger partial charge in [0.15, 0.2) is 0 Å². The minimum absolute atomic E-state index is 0.716. The Balaban J connectivity index is 1.74. The molecule has 0 saturated heterocycles. The molecule has 0 radical (unpaired) electrons. The van der Waals surface area contributed by atoms with E-state index >= 15 is 0 Å². The number of thiophene rings is 2. The van der Waals surface area contributed by atoms with Crippen LogP contribution in [-0.4, -0.2) is 4.98 Å². The van der Waals surface area contributed by atoms with Crippen molar-refractivity contribution in [3.8, 4) is 10.4 Å². The van der Waals surface area contributed by atoms with Gasteiger partial charge in [-0.25, -0.2) is 0 Å². The van der Waals surface area contributed by atoms with Gasteiger partial charge in [0.05, 0.1) is 7.57 Å². The van der Waals surface area contributed by atoms with E-state index in [1.54, 1.807) is 4.88 Å². The summed E-state index contributed by atoms with van der Waals surface area (Å²) in [6.07, 6.45) is 45.5. The van der Waals surface area contributed by atoms with Gasteiger partial charge < -0.3 is 4.98 Å². The second kappa shape index (κ2) is 33.3. The Labute approximate surface area is 378 Å². The van der Waals surface area contributed by atoms with Crippen LogP contribution in [0.3, 0.4) is 0 Å². The van der Waals surface area contributed by atoms with Crippen molar-refractivity contribution in [2.45, 2.75) is 245 Å². The van der Waals surface area contributed by atoms with Crippen LogP contribution in [0.5, 0.6) is 0 Å². The Bertz CT molecular complexity index is 1360. The quantitative estimate of drug-likeness (QED) is 0.0551. The number of hydrogen-bond donors (Lipinski definition) is 1. The second-order valence-electron chi connectivity index (χ2n) is 17.9. The highest BCUT2D eigenvalue weighted by Gasteiger charge is 2.21. The van der Waals surface area contributed by atoms with Gasteiger partial charge in [0.2, 0.25) is 0 Å². The minimum atomic E-state index is 0.716. The molecule has 3 rings (SSSR count). The van der Waals surface area contributed by atoms with Crippen LogP contribution >= 0.6 is 54.5 Å². The molecule has 3 aromatic heterocycles. The summed E-state index contributed by atoms with van der Waals surface area (Å²) in [4.78, 5) is 7.21. The van der Waals surface area contributed by atoms with Crippen molar-refractivity contribution in [3.63, 3.8) is 0 Å². The van der Waals surface area contributed by atoms with Gasteiger partial charge >= 0.3 is 0 Å². The fourth-order valence-corrected chi connectivity index (χ4v) is 12.3. The van der Waals surface area contributed by atoms with Crippen LogP contribution in [-0.2, 0) is 12.8 Å². The molecule has 3 heterocycles. The van der Waals surface area contributed by atoms with Crippen LogP contribution in [0.1, 0.15) is 249 Å². The van der Waals surface area contributed by atoms with Crippen molar-refractivity contribution in [1.82, 2.24) is 4.98 Å². The summed E-state index contributed by atoms with van der Waals surface area (Å²) in [6, 6.07) is 11.9. The molecule has 0 bridgehead atoms. The van der Waals surface area contributed by atoms with Gasteiger partial charge in [-0.1, -0.05) is 214 Å². The van der Waals surface area contributed by atoms with E-state index in [1.807, 2.05) is 22.7 Å². The molecule has 0 spiro atoms. The van der Waals surface area contributed by atoms with Crippen molar-refractivity contribution in [1.29, 1.82) is 0 Å². The molecule has 3 aromatic rings. The lowest BCUT2D eigenvalue weighted by Gasteiger charge is -2.20. The van der Waals surface area contributed by atoms with E-state index in [0.29, 0.717) is 5.92 Å². The molecule has 326 valence electrons. The van der Waals surface area contributed by atoms with Crippen molar-refractivity contribution in [2.75, 3.05) is 0 Å². The van der Waals surface area contributed by atoms with E-state index in [9.17, 15) is 0 Å². The largest absolute Gasteiger partial charge is 0.362 e. The van der Waals surface area contributed by atoms with Crippen molar-refractivity contribution < 1.29 is 0 Å². The van der Waals surface area contributed by atoms with Gasteiger partial charge in [0.25, 0.3) is 0 Å². The van der Waals surface area contributed by atoms with Crippen molar-refractivity contribution >= 4 is 54.5 Å². The van der Waals surface area contributed by atoms with Crippen LogP contribution in [0.2, 0.25) is 0 Å². The highest BCUT2D eigenvalue weighted by molar-refractivity contribution is 9.11. The number of unbranched alkanes of at least 4 members (excludes halogenated alkanes) is 20. The molecule has 0 aliphatic heterocycles. The maximum atomic E-state index is 4.17. The molecule has 0 aromatic carbocycles. The first kappa shape index (κ1) is 51.0. The van der Waals surface area contributed by atoms with Crippen molar-refractivity contribution in [2.24, 2.45) is 11.8 Å². The standard InChI is InChI=1S/C52H87Br2NS2/c1-5-9-13-17-20-21-24-26-31-43(30-25-22-18-14-10-6-2)40-46-42-47(50-37-39-52(54)57-50)48(55-46)41-44(32-27-23-19-15-11-7-3)33-29-35-45(34-28-16-12-8-4)49-36-38-51(53)56-49/h36-39,42-45,55H,5-35,40-41H2,1-4H3. The third-order valence-electron chi connectivity index (χ3n) is 12.8. The van der Waals surface area contributed by atoms with E-state index in [4.69, 9.17) is 0 Å². The topological polar surface area (TPSA) is 15.8 Å². The molecule has 0 aliphatic rings. The third kappa shape index (κ3) is 22.9. The molecule has 1 nitrogen and oxygen atoms in total. The molecule has 0 aliphatic carbocycles. The smallest absolute Gasteiger partial charge is 0.0705 e. The second-order valence-corrected chi connectivity index (χ2v) is 22.9. The summed E-state index contributed by atoms with van der Waals surface area (Å²) in [6.45, 7) is 9.33. The Morgan fingerprint density at radius 1 is 0.456 bits per heavy atom. The monoisotopic (exact) mass is 947 g/mol. The summed E-state index contributed by atoms with van der Waals surface area (Å²) in [5.74, 6) is 2.27. The van der Waals surface area contributed by atoms with E-state index in [1.165, 1.54) is 241 Å². The fourth-order valence-electron chi connectivity index (χ4n) is 9.25. The lowest BCUT2D eigenvalue weighted by Crippen LogP contribution is -2.09. The number of hydrogen-bond acceptors (Lipinski definition) is 2. The molecule has 3 atom stereocenters. The Hall–Kier alpha value is -0.360. The Kier molecular flexibility index (Phi) is 29.8. The molecule has 0 saturated carbocycles. The zero-order valence-corrected chi connectivity index (χ0v) is 42.3. The summed E-state index contributed by atoms with van der Waals surface area (Å²) < 4.78 is 2.54. The van der Waals surface area contributed by atoms with Gasteiger partial charge in [-0.05, 0) is 106 Å². The van der Waals surface area contributed by atoms with Gasteiger partial charge in [-0.15, -0.1) is 22.7 Å². The zero-order chi connectivity index (χ0) is 40.8. The van der Waals surface area contributed by atoms with Gasteiger partial charge in [-0.2, -0.15) is 0 Å². The average Bonchev–Trinajstić information content (AvgIpc) is 3.95. The van der Waals surface area contributed by atoms with Crippen LogP contribution < -0.4 is 0 Å². The van der Waals surface area contributed by atoms with Crippen LogP contribution in [0.15, 0.2) is 37.9 Å². The van der Waals surface area contributed by atoms with Crippen molar-refractivity contribution in [3.05, 3.63) is 54.2 Å². The molecular weight excluding hydrogens is 863 g/mol. The summed E-state index contributed by atoms with van der Waals surface area (Å²) in [7, 11) is 0. The number of aromatic nitrogens is 1. The van der Waals surface area contributed by atoms with E-state index in [-0.39, 0.29) is 0 Å². The first-order valence-electron chi connectivity index (χ1n) is 24.7. The molecule has 57 heavy (non-hydrogen) atoms. The first-order chi connectivity index (χ1) is 28.0. The Morgan fingerprint density at radius 2 is 0.877 bits per heavy atom. The summed E-state index contributed by atoms with van der Waals surface area (Å²) in [5, 5.41) is 0. The lowest BCUT2D eigenvalue weighted by atomic mass is 9.87.